The van der Waals surface area contributed by atoms with Crippen molar-refractivity contribution in [1.82, 2.24) is 10.3 Å². The molecule has 1 aliphatic carbocycles. The van der Waals surface area contributed by atoms with Crippen LogP contribution >= 0.6 is 11.3 Å². The summed E-state index contributed by atoms with van der Waals surface area (Å²) >= 11 is 1.58. The van der Waals surface area contributed by atoms with E-state index in [1.54, 1.807) is 11.3 Å². The summed E-state index contributed by atoms with van der Waals surface area (Å²) in [7, 11) is 0. The van der Waals surface area contributed by atoms with E-state index in [1.807, 2.05) is 48.7 Å². The molecule has 1 atom stereocenters. The molecule has 1 aromatic carbocycles. The van der Waals surface area contributed by atoms with Gasteiger partial charge in [0.2, 0.25) is 0 Å². The number of nitrogens with one attached hydrogen (secondary N) is 1. The van der Waals surface area contributed by atoms with Gasteiger partial charge in [-0.1, -0.05) is 30.7 Å². The van der Waals surface area contributed by atoms with Crippen molar-refractivity contribution in [2.24, 2.45) is 0 Å². The SMILES string of the molecule is C[C@H](NC(=O)COC(=O)c1c2c(nc3ccccc13)CCCCC2)c1cccs1. The molecule has 0 fully saturated rings. The van der Waals surface area contributed by atoms with Gasteiger partial charge >= 0.3 is 5.97 Å². The molecular weight excluding hydrogens is 384 g/mol. The Morgan fingerprint density at radius 2 is 1.97 bits per heavy atom. The first-order chi connectivity index (χ1) is 14.1. The molecule has 5 nitrogen and oxygen atoms in total. The Hall–Kier alpha value is -2.73. The number of aryl methyl sites for hydroxylation is 1. The van der Waals surface area contributed by atoms with E-state index >= 15 is 0 Å². The van der Waals surface area contributed by atoms with Gasteiger partial charge in [-0.25, -0.2) is 4.79 Å². The van der Waals surface area contributed by atoms with Gasteiger partial charge in [0, 0.05) is 16.0 Å². The van der Waals surface area contributed by atoms with Crippen LogP contribution in [0.15, 0.2) is 41.8 Å². The topological polar surface area (TPSA) is 68.3 Å². The van der Waals surface area contributed by atoms with Crippen molar-refractivity contribution in [3.8, 4) is 0 Å². The van der Waals surface area contributed by atoms with Crippen molar-refractivity contribution < 1.29 is 14.3 Å². The summed E-state index contributed by atoms with van der Waals surface area (Å²) in [6, 6.07) is 11.5. The molecular formula is C23H24N2O3S. The molecule has 0 aliphatic heterocycles. The van der Waals surface area contributed by atoms with Crippen molar-refractivity contribution in [3.63, 3.8) is 0 Å². The van der Waals surface area contributed by atoms with Gasteiger partial charge in [0.1, 0.15) is 0 Å². The van der Waals surface area contributed by atoms with E-state index in [2.05, 4.69) is 5.32 Å². The Bertz CT molecular complexity index is 1030. The molecule has 0 unspecified atom stereocenters. The number of carbonyl (C=O) groups excluding carboxylic acids is 2. The third kappa shape index (κ3) is 4.32. The Balaban J connectivity index is 1.53. The lowest BCUT2D eigenvalue weighted by Crippen LogP contribution is -2.31. The van der Waals surface area contributed by atoms with Crippen LogP contribution in [-0.2, 0) is 22.4 Å². The standard InChI is InChI=1S/C23H24N2O3S/c1-15(20-12-7-13-29-20)24-21(26)14-28-23(27)22-16-8-3-2-4-10-18(16)25-19-11-6-5-9-17(19)22/h5-7,9,11-13,15H,2-4,8,10,14H2,1H3,(H,24,26)/t15-/m0/s1. The predicted molar refractivity (Wildman–Crippen MR) is 114 cm³/mol. The summed E-state index contributed by atoms with van der Waals surface area (Å²) in [5.41, 5.74) is 3.35. The lowest BCUT2D eigenvalue weighted by atomic mass is 9.97. The average Bonchev–Trinajstić information content (AvgIpc) is 3.17. The number of esters is 1. The fraction of sp³-hybridized carbons (Fsp3) is 0.348. The van der Waals surface area contributed by atoms with Crippen LogP contribution in [-0.4, -0.2) is 23.5 Å². The van der Waals surface area contributed by atoms with E-state index in [1.165, 1.54) is 0 Å². The number of carbonyl (C=O) groups is 2. The quantitative estimate of drug-likeness (QED) is 0.495. The smallest absolute Gasteiger partial charge is 0.339 e. The maximum absolute atomic E-state index is 13.0. The van der Waals surface area contributed by atoms with Gasteiger partial charge in [-0.05, 0) is 55.7 Å². The molecule has 150 valence electrons. The number of ether oxygens (including phenoxy) is 1. The molecule has 0 spiro atoms. The third-order valence-corrected chi connectivity index (χ3v) is 6.36. The van der Waals surface area contributed by atoms with Crippen LogP contribution < -0.4 is 5.32 Å². The van der Waals surface area contributed by atoms with Gasteiger partial charge in [0.25, 0.3) is 5.91 Å². The fourth-order valence-electron chi connectivity index (χ4n) is 3.88. The molecule has 2 aromatic heterocycles. The summed E-state index contributed by atoms with van der Waals surface area (Å²) in [6.45, 7) is 1.63. The zero-order valence-corrected chi connectivity index (χ0v) is 17.3. The van der Waals surface area contributed by atoms with Gasteiger partial charge in [0.15, 0.2) is 6.61 Å². The number of rotatable bonds is 5. The summed E-state index contributed by atoms with van der Waals surface area (Å²) < 4.78 is 5.45. The zero-order chi connectivity index (χ0) is 20.2. The van der Waals surface area contributed by atoms with Gasteiger partial charge in [0.05, 0.1) is 17.1 Å². The van der Waals surface area contributed by atoms with Crippen LogP contribution in [0.2, 0.25) is 0 Å². The van der Waals surface area contributed by atoms with E-state index in [4.69, 9.17) is 9.72 Å². The first-order valence-corrected chi connectivity index (χ1v) is 10.9. The Morgan fingerprint density at radius 1 is 1.14 bits per heavy atom. The van der Waals surface area contributed by atoms with Crippen molar-refractivity contribution in [2.75, 3.05) is 6.61 Å². The third-order valence-electron chi connectivity index (χ3n) is 5.31. The highest BCUT2D eigenvalue weighted by atomic mass is 32.1. The average molecular weight is 409 g/mol. The Labute approximate surface area is 174 Å². The van der Waals surface area contributed by atoms with Crippen molar-refractivity contribution in [3.05, 3.63) is 63.5 Å². The minimum atomic E-state index is -0.444. The molecule has 1 amide bonds. The van der Waals surface area contributed by atoms with Crippen molar-refractivity contribution in [1.29, 1.82) is 0 Å². The number of nitrogens with zero attached hydrogens (tertiary/aromatic N) is 1. The second kappa shape index (κ2) is 8.74. The van der Waals surface area contributed by atoms with Gasteiger partial charge in [-0.3, -0.25) is 9.78 Å². The lowest BCUT2D eigenvalue weighted by Gasteiger charge is -2.16. The number of thiophene rings is 1. The summed E-state index contributed by atoms with van der Waals surface area (Å²) in [5.74, 6) is -0.746. The highest BCUT2D eigenvalue weighted by Crippen LogP contribution is 2.29. The van der Waals surface area contributed by atoms with E-state index in [0.29, 0.717) is 5.56 Å². The Kier molecular flexibility index (Phi) is 5.90. The molecule has 4 rings (SSSR count). The number of aromatic nitrogens is 1. The van der Waals surface area contributed by atoms with Crippen LogP contribution in [0.4, 0.5) is 0 Å². The summed E-state index contributed by atoms with van der Waals surface area (Å²) in [4.78, 5) is 31.2. The van der Waals surface area contributed by atoms with Crippen molar-refractivity contribution in [2.45, 2.75) is 45.1 Å². The van der Waals surface area contributed by atoms with Gasteiger partial charge in [-0.15, -0.1) is 11.3 Å². The van der Waals surface area contributed by atoms with Crippen LogP contribution in [0, 0.1) is 0 Å². The maximum Gasteiger partial charge on any atom is 0.339 e. The second-order valence-electron chi connectivity index (χ2n) is 7.37. The number of amides is 1. The van der Waals surface area contributed by atoms with Crippen molar-refractivity contribution >= 4 is 34.1 Å². The van der Waals surface area contributed by atoms with Crippen LogP contribution in [0.5, 0.6) is 0 Å². The molecule has 0 saturated carbocycles. The van der Waals surface area contributed by atoms with E-state index in [0.717, 1.165) is 59.1 Å². The van der Waals surface area contributed by atoms with Gasteiger partial charge in [-0.2, -0.15) is 0 Å². The summed E-state index contributed by atoms with van der Waals surface area (Å²) in [6.07, 6.45) is 4.94. The highest BCUT2D eigenvalue weighted by molar-refractivity contribution is 7.10. The molecule has 1 N–H and O–H groups in total. The molecule has 0 saturated heterocycles. The molecule has 1 aliphatic rings. The minimum absolute atomic E-state index is 0.112. The largest absolute Gasteiger partial charge is 0.452 e. The number of benzene rings is 1. The van der Waals surface area contributed by atoms with E-state index < -0.39 is 5.97 Å². The number of pyridine rings is 1. The van der Waals surface area contributed by atoms with Gasteiger partial charge < -0.3 is 10.1 Å². The second-order valence-corrected chi connectivity index (χ2v) is 8.35. The molecule has 29 heavy (non-hydrogen) atoms. The van der Waals surface area contributed by atoms with E-state index in [9.17, 15) is 9.59 Å². The molecule has 3 aromatic rings. The van der Waals surface area contributed by atoms with Crippen LogP contribution in [0.3, 0.4) is 0 Å². The summed E-state index contributed by atoms with van der Waals surface area (Å²) in [5, 5.41) is 5.65. The predicted octanol–water partition coefficient (Wildman–Crippen LogP) is 4.60. The van der Waals surface area contributed by atoms with E-state index in [-0.39, 0.29) is 18.6 Å². The molecule has 0 bridgehead atoms. The van der Waals surface area contributed by atoms with Crippen LogP contribution in [0.25, 0.3) is 10.9 Å². The monoisotopic (exact) mass is 408 g/mol. The maximum atomic E-state index is 13.0. The fourth-order valence-corrected chi connectivity index (χ4v) is 4.61. The van der Waals surface area contributed by atoms with Crippen LogP contribution in [0.1, 0.15) is 58.7 Å². The number of para-hydroxylation sites is 1. The first kappa shape index (κ1) is 19.6. The number of fused-ring (bicyclic) bond motifs is 2. The number of hydrogen-bond donors (Lipinski definition) is 1. The number of hydrogen-bond acceptors (Lipinski definition) is 5. The first-order valence-electron chi connectivity index (χ1n) is 10.0. The molecule has 0 radical (unpaired) electrons. The minimum Gasteiger partial charge on any atom is -0.452 e. The highest BCUT2D eigenvalue weighted by Gasteiger charge is 2.23. The molecule has 2 heterocycles. The molecule has 6 heteroatoms. The lowest BCUT2D eigenvalue weighted by molar-refractivity contribution is -0.124. The zero-order valence-electron chi connectivity index (χ0n) is 16.4. The normalized spacial score (nSPS) is 14.7. The Morgan fingerprint density at radius 3 is 2.79 bits per heavy atom.